The minimum Gasteiger partial charge on any atom is -0.309 e. The van der Waals surface area contributed by atoms with Gasteiger partial charge in [-0.25, -0.2) is 4.39 Å². The Bertz CT molecular complexity index is 599. The fourth-order valence-corrected chi connectivity index (χ4v) is 2.36. The van der Waals surface area contributed by atoms with E-state index in [9.17, 15) is 4.39 Å². The fourth-order valence-electron chi connectivity index (χ4n) is 2.08. The van der Waals surface area contributed by atoms with Crippen LogP contribution in [-0.4, -0.2) is 7.05 Å². The molecule has 0 aliphatic carbocycles. The summed E-state index contributed by atoms with van der Waals surface area (Å²) in [6, 6.07) is 10.2. The summed E-state index contributed by atoms with van der Waals surface area (Å²) in [7, 11) is 1.79. The van der Waals surface area contributed by atoms with E-state index in [1.807, 2.05) is 25.1 Å². The molecule has 0 aliphatic rings. The molecule has 0 radical (unpaired) electrons. The van der Waals surface area contributed by atoms with E-state index in [1.165, 1.54) is 6.07 Å². The summed E-state index contributed by atoms with van der Waals surface area (Å²) in [6.07, 6.45) is 0. The zero-order chi connectivity index (χ0) is 14.0. The molecule has 0 amide bonds. The van der Waals surface area contributed by atoms with Crippen molar-refractivity contribution < 1.29 is 4.39 Å². The second-order valence-electron chi connectivity index (χ2n) is 4.40. The van der Waals surface area contributed by atoms with Crippen molar-refractivity contribution >= 4 is 23.2 Å². The van der Waals surface area contributed by atoms with E-state index in [4.69, 9.17) is 23.2 Å². The van der Waals surface area contributed by atoms with Crippen LogP contribution in [0.4, 0.5) is 4.39 Å². The summed E-state index contributed by atoms with van der Waals surface area (Å²) in [5.41, 5.74) is 2.49. The highest BCUT2D eigenvalue weighted by Gasteiger charge is 2.16. The van der Waals surface area contributed by atoms with Gasteiger partial charge in [-0.1, -0.05) is 41.4 Å². The van der Waals surface area contributed by atoms with E-state index >= 15 is 0 Å². The average Bonchev–Trinajstić information content (AvgIpc) is 2.37. The molecule has 0 fully saturated rings. The Labute approximate surface area is 122 Å². The second-order valence-corrected chi connectivity index (χ2v) is 5.24. The molecular formula is C15H14Cl2FN. The van der Waals surface area contributed by atoms with Crippen molar-refractivity contribution in [1.82, 2.24) is 5.32 Å². The third-order valence-electron chi connectivity index (χ3n) is 3.08. The number of halogens is 3. The van der Waals surface area contributed by atoms with Gasteiger partial charge < -0.3 is 5.32 Å². The van der Waals surface area contributed by atoms with Crippen LogP contribution in [0.3, 0.4) is 0 Å². The lowest BCUT2D eigenvalue weighted by Crippen LogP contribution is -2.19. The van der Waals surface area contributed by atoms with Crippen molar-refractivity contribution in [3.8, 4) is 0 Å². The maximum Gasteiger partial charge on any atom is 0.129 e. The van der Waals surface area contributed by atoms with E-state index in [0.29, 0.717) is 15.6 Å². The van der Waals surface area contributed by atoms with E-state index in [2.05, 4.69) is 5.32 Å². The van der Waals surface area contributed by atoms with Crippen molar-refractivity contribution in [2.45, 2.75) is 13.0 Å². The van der Waals surface area contributed by atoms with Crippen LogP contribution < -0.4 is 5.32 Å². The van der Waals surface area contributed by atoms with Crippen LogP contribution in [0.25, 0.3) is 0 Å². The monoisotopic (exact) mass is 297 g/mol. The molecule has 0 heterocycles. The fraction of sp³-hybridized carbons (Fsp3) is 0.200. The van der Waals surface area contributed by atoms with Crippen LogP contribution in [-0.2, 0) is 0 Å². The lowest BCUT2D eigenvalue weighted by molar-refractivity contribution is 0.576. The highest BCUT2D eigenvalue weighted by atomic mass is 35.5. The standard InChI is InChI=1S/C15H14Cl2FN/c1-9-7-10(3-6-13(9)17)15(19-2)12-5-4-11(16)8-14(12)18/h3-8,15,19H,1-2H3. The Hall–Kier alpha value is -1.09. The number of aryl methyl sites for hydroxylation is 1. The minimum atomic E-state index is -0.320. The zero-order valence-electron chi connectivity index (χ0n) is 10.7. The number of hydrogen-bond donors (Lipinski definition) is 1. The van der Waals surface area contributed by atoms with Crippen molar-refractivity contribution in [3.63, 3.8) is 0 Å². The minimum absolute atomic E-state index is 0.228. The van der Waals surface area contributed by atoms with Gasteiger partial charge >= 0.3 is 0 Å². The van der Waals surface area contributed by atoms with E-state index in [0.717, 1.165) is 11.1 Å². The number of nitrogens with one attached hydrogen (secondary N) is 1. The van der Waals surface area contributed by atoms with Crippen LogP contribution in [0.1, 0.15) is 22.7 Å². The van der Waals surface area contributed by atoms with Gasteiger partial charge in [-0.3, -0.25) is 0 Å². The summed E-state index contributed by atoms with van der Waals surface area (Å²) in [4.78, 5) is 0. The number of rotatable bonds is 3. The summed E-state index contributed by atoms with van der Waals surface area (Å²) in [6.45, 7) is 1.93. The third kappa shape index (κ3) is 3.08. The first-order valence-corrected chi connectivity index (χ1v) is 6.66. The van der Waals surface area contributed by atoms with Gasteiger partial charge in [0.15, 0.2) is 0 Å². The molecule has 0 spiro atoms. The molecule has 0 saturated carbocycles. The summed E-state index contributed by atoms with van der Waals surface area (Å²) in [5, 5.41) is 4.21. The lowest BCUT2D eigenvalue weighted by atomic mass is 9.97. The largest absolute Gasteiger partial charge is 0.309 e. The molecule has 2 aromatic rings. The molecule has 0 bridgehead atoms. The molecule has 2 aromatic carbocycles. The van der Waals surface area contributed by atoms with Crippen LogP contribution in [0.2, 0.25) is 10.0 Å². The van der Waals surface area contributed by atoms with Gasteiger partial charge in [0.25, 0.3) is 0 Å². The van der Waals surface area contributed by atoms with E-state index in [-0.39, 0.29) is 11.9 Å². The maximum absolute atomic E-state index is 14.0. The average molecular weight is 298 g/mol. The molecule has 1 nitrogen and oxygen atoms in total. The topological polar surface area (TPSA) is 12.0 Å². The highest BCUT2D eigenvalue weighted by Crippen LogP contribution is 2.28. The zero-order valence-corrected chi connectivity index (χ0v) is 12.2. The van der Waals surface area contributed by atoms with Crippen molar-refractivity contribution in [2.75, 3.05) is 7.05 Å². The smallest absolute Gasteiger partial charge is 0.129 e. The van der Waals surface area contributed by atoms with Crippen molar-refractivity contribution in [3.05, 3.63) is 69.0 Å². The van der Waals surface area contributed by atoms with Gasteiger partial charge in [0.2, 0.25) is 0 Å². The van der Waals surface area contributed by atoms with Gasteiger partial charge in [-0.05, 0) is 43.3 Å². The van der Waals surface area contributed by atoms with Gasteiger partial charge in [0.05, 0.1) is 6.04 Å². The molecule has 2 rings (SSSR count). The van der Waals surface area contributed by atoms with Gasteiger partial charge in [-0.15, -0.1) is 0 Å². The molecule has 1 atom stereocenters. The molecule has 19 heavy (non-hydrogen) atoms. The molecular weight excluding hydrogens is 284 g/mol. The molecule has 0 aromatic heterocycles. The normalized spacial score (nSPS) is 12.5. The summed E-state index contributed by atoms with van der Waals surface area (Å²) < 4.78 is 14.0. The van der Waals surface area contributed by atoms with E-state index in [1.54, 1.807) is 19.2 Å². The van der Waals surface area contributed by atoms with Gasteiger partial charge in [-0.2, -0.15) is 0 Å². The number of hydrogen-bond acceptors (Lipinski definition) is 1. The Kier molecular flexibility index (Phi) is 4.46. The Morgan fingerprint density at radius 1 is 1.11 bits per heavy atom. The van der Waals surface area contributed by atoms with Crippen molar-refractivity contribution in [1.29, 1.82) is 0 Å². The summed E-state index contributed by atoms with van der Waals surface area (Å²) >= 11 is 11.8. The van der Waals surface area contributed by atoms with E-state index < -0.39 is 0 Å². The first kappa shape index (κ1) is 14.3. The van der Waals surface area contributed by atoms with Gasteiger partial charge in [0, 0.05) is 15.6 Å². The molecule has 1 N–H and O–H groups in total. The molecule has 100 valence electrons. The lowest BCUT2D eigenvalue weighted by Gasteiger charge is -2.19. The Morgan fingerprint density at radius 3 is 2.42 bits per heavy atom. The maximum atomic E-state index is 14.0. The SMILES string of the molecule is CNC(c1ccc(Cl)c(C)c1)c1ccc(Cl)cc1F. The first-order valence-electron chi connectivity index (χ1n) is 5.91. The Morgan fingerprint density at radius 2 is 1.84 bits per heavy atom. The molecule has 4 heteroatoms. The van der Waals surface area contributed by atoms with Crippen LogP contribution in [0, 0.1) is 12.7 Å². The predicted molar refractivity (Wildman–Crippen MR) is 78.5 cm³/mol. The van der Waals surface area contributed by atoms with Crippen LogP contribution in [0.5, 0.6) is 0 Å². The summed E-state index contributed by atoms with van der Waals surface area (Å²) in [5.74, 6) is -0.320. The first-order chi connectivity index (χ1) is 9.02. The second kappa shape index (κ2) is 5.91. The molecule has 0 aliphatic heterocycles. The van der Waals surface area contributed by atoms with Crippen LogP contribution >= 0.6 is 23.2 Å². The molecule has 1 unspecified atom stereocenters. The van der Waals surface area contributed by atoms with Crippen LogP contribution in [0.15, 0.2) is 36.4 Å². The molecule has 0 saturated heterocycles. The number of benzene rings is 2. The Balaban J connectivity index is 2.46. The predicted octanol–water partition coefficient (Wildman–Crippen LogP) is 4.75. The highest BCUT2D eigenvalue weighted by molar-refractivity contribution is 6.31. The quantitative estimate of drug-likeness (QED) is 0.862. The van der Waals surface area contributed by atoms with Crippen molar-refractivity contribution in [2.24, 2.45) is 0 Å². The third-order valence-corrected chi connectivity index (χ3v) is 3.74. The van der Waals surface area contributed by atoms with Gasteiger partial charge in [0.1, 0.15) is 5.82 Å².